The van der Waals surface area contributed by atoms with E-state index in [0.717, 1.165) is 38.0 Å². The van der Waals surface area contributed by atoms with Crippen molar-refractivity contribution in [1.82, 2.24) is 15.5 Å². The average molecular weight is 289 g/mol. The van der Waals surface area contributed by atoms with Gasteiger partial charge >= 0.3 is 6.03 Å². The van der Waals surface area contributed by atoms with Crippen LogP contribution in [0, 0.1) is 5.92 Å². The molecule has 2 amide bonds. The number of carbonyl (C=O) groups is 1. The molecule has 1 heterocycles. The van der Waals surface area contributed by atoms with E-state index in [1.54, 1.807) is 0 Å². The van der Waals surface area contributed by atoms with Crippen LogP contribution in [0.2, 0.25) is 0 Å². The minimum Gasteiger partial charge on any atom is -0.334 e. The first kappa shape index (κ1) is 15.8. The molecule has 4 nitrogen and oxygen atoms in total. The van der Waals surface area contributed by atoms with Crippen molar-refractivity contribution in [3.8, 4) is 0 Å². The molecule has 1 saturated heterocycles. The summed E-state index contributed by atoms with van der Waals surface area (Å²) >= 11 is 0. The van der Waals surface area contributed by atoms with Gasteiger partial charge in [0.05, 0.1) is 0 Å². The summed E-state index contributed by atoms with van der Waals surface area (Å²) in [5.74, 6) is 0.621. The van der Waals surface area contributed by atoms with Gasteiger partial charge < -0.3 is 15.5 Å². The summed E-state index contributed by atoms with van der Waals surface area (Å²) in [6.07, 6.45) is 2.32. The third kappa shape index (κ3) is 5.05. The van der Waals surface area contributed by atoms with Gasteiger partial charge in [0.1, 0.15) is 0 Å². The van der Waals surface area contributed by atoms with Crippen LogP contribution in [0.15, 0.2) is 30.3 Å². The lowest BCUT2D eigenvalue weighted by Crippen LogP contribution is -2.47. The molecular formula is C17H27N3O. The van der Waals surface area contributed by atoms with E-state index in [4.69, 9.17) is 0 Å². The van der Waals surface area contributed by atoms with E-state index in [9.17, 15) is 4.79 Å². The molecule has 1 aromatic carbocycles. The first-order chi connectivity index (χ1) is 10.2. The molecule has 21 heavy (non-hydrogen) atoms. The molecule has 0 aromatic heterocycles. The molecule has 1 aromatic rings. The van der Waals surface area contributed by atoms with Crippen LogP contribution in [0.1, 0.15) is 32.3 Å². The normalized spacial score (nSPS) is 16.0. The van der Waals surface area contributed by atoms with E-state index in [1.165, 1.54) is 0 Å². The Balaban J connectivity index is 1.86. The molecule has 0 bridgehead atoms. The van der Waals surface area contributed by atoms with E-state index >= 15 is 0 Å². The van der Waals surface area contributed by atoms with Crippen molar-refractivity contribution in [1.29, 1.82) is 0 Å². The number of hydrogen-bond acceptors (Lipinski definition) is 2. The van der Waals surface area contributed by atoms with Gasteiger partial charge in [-0.1, -0.05) is 30.3 Å². The van der Waals surface area contributed by atoms with Crippen LogP contribution in [-0.4, -0.2) is 36.6 Å². The van der Waals surface area contributed by atoms with Crippen molar-refractivity contribution in [3.05, 3.63) is 35.9 Å². The van der Waals surface area contributed by atoms with Crippen molar-refractivity contribution < 1.29 is 4.79 Å². The Hall–Kier alpha value is -1.55. The van der Waals surface area contributed by atoms with Gasteiger partial charge in [-0.05, 0) is 51.3 Å². The fraction of sp³-hybridized carbons (Fsp3) is 0.588. The minimum absolute atomic E-state index is 0.0485. The minimum atomic E-state index is 0.0485. The largest absolute Gasteiger partial charge is 0.334 e. The molecule has 2 rings (SSSR count). The van der Waals surface area contributed by atoms with E-state index in [2.05, 4.69) is 24.5 Å². The monoisotopic (exact) mass is 289 g/mol. The van der Waals surface area contributed by atoms with Gasteiger partial charge in [0.25, 0.3) is 0 Å². The highest BCUT2D eigenvalue weighted by Gasteiger charge is 2.22. The fourth-order valence-electron chi connectivity index (χ4n) is 2.75. The second-order valence-corrected chi connectivity index (χ2v) is 6.08. The average Bonchev–Trinajstić information content (AvgIpc) is 2.52. The molecule has 0 unspecified atom stereocenters. The van der Waals surface area contributed by atoms with Gasteiger partial charge in [0.15, 0.2) is 0 Å². The predicted octanol–water partition coefficient (Wildman–Crippen LogP) is 2.61. The lowest BCUT2D eigenvalue weighted by molar-refractivity contribution is 0.162. The standard InChI is InChI=1S/C17H27N3O/c1-14(2)20(13-16-8-10-18-11-9-16)17(21)19-12-15-6-4-3-5-7-15/h3-7,14,16,18H,8-13H2,1-2H3,(H,19,21). The summed E-state index contributed by atoms with van der Waals surface area (Å²) in [7, 11) is 0. The molecule has 4 heteroatoms. The van der Waals surface area contributed by atoms with Crippen LogP contribution >= 0.6 is 0 Å². The quantitative estimate of drug-likeness (QED) is 0.875. The van der Waals surface area contributed by atoms with Gasteiger partial charge in [0, 0.05) is 19.1 Å². The van der Waals surface area contributed by atoms with Crippen LogP contribution in [-0.2, 0) is 6.54 Å². The summed E-state index contributed by atoms with van der Waals surface area (Å²) in [5, 5.41) is 6.42. The first-order valence-corrected chi connectivity index (χ1v) is 7.96. The fourth-order valence-corrected chi connectivity index (χ4v) is 2.75. The summed E-state index contributed by atoms with van der Waals surface area (Å²) in [5.41, 5.74) is 1.14. The number of rotatable bonds is 5. The topological polar surface area (TPSA) is 44.4 Å². The molecule has 0 atom stereocenters. The maximum absolute atomic E-state index is 12.4. The third-order valence-corrected chi connectivity index (χ3v) is 4.08. The molecule has 0 saturated carbocycles. The Kier molecular flexibility index (Phi) is 6.05. The first-order valence-electron chi connectivity index (χ1n) is 7.96. The van der Waals surface area contributed by atoms with E-state index in [-0.39, 0.29) is 12.1 Å². The van der Waals surface area contributed by atoms with Crippen molar-refractivity contribution in [2.45, 2.75) is 39.3 Å². The van der Waals surface area contributed by atoms with Crippen LogP contribution < -0.4 is 10.6 Å². The number of hydrogen-bond donors (Lipinski definition) is 2. The van der Waals surface area contributed by atoms with Gasteiger partial charge in [-0.15, -0.1) is 0 Å². The Morgan fingerprint density at radius 2 is 1.95 bits per heavy atom. The lowest BCUT2D eigenvalue weighted by Gasteiger charge is -2.32. The highest BCUT2D eigenvalue weighted by Crippen LogP contribution is 2.15. The van der Waals surface area contributed by atoms with Crippen LogP contribution in [0.4, 0.5) is 4.79 Å². The highest BCUT2D eigenvalue weighted by atomic mass is 16.2. The zero-order chi connectivity index (χ0) is 15.1. The smallest absolute Gasteiger partial charge is 0.317 e. The SMILES string of the molecule is CC(C)N(CC1CCNCC1)C(=O)NCc1ccccc1. The second-order valence-electron chi connectivity index (χ2n) is 6.08. The zero-order valence-electron chi connectivity index (χ0n) is 13.1. The van der Waals surface area contributed by atoms with Crippen molar-refractivity contribution in [2.24, 2.45) is 5.92 Å². The molecule has 2 N–H and O–H groups in total. The summed E-state index contributed by atoms with van der Waals surface area (Å²) in [6.45, 7) is 7.77. The van der Waals surface area contributed by atoms with Crippen molar-refractivity contribution in [3.63, 3.8) is 0 Å². The van der Waals surface area contributed by atoms with Gasteiger partial charge in [-0.25, -0.2) is 4.79 Å². The Morgan fingerprint density at radius 1 is 1.29 bits per heavy atom. The van der Waals surface area contributed by atoms with Gasteiger partial charge in [0.2, 0.25) is 0 Å². The Labute approximate surface area is 127 Å². The predicted molar refractivity (Wildman–Crippen MR) is 86.1 cm³/mol. The Bertz CT molecular complexity index is 427. The molecule has 0 spiro atoms. The summed E-state index contributed by atoms with van der Waals surface area (Å²) in [4.78, 5) is 14.4. The number of amides is 2. The number of piperidine rings is 1. The number of urea groups is 1. The number of carbonyl (C=O) groups excluding carboxylic acids is 1. The summed E-state index contributed by atoms with van der Waals surface area (Å²) < 4.78 is 0. The van der Waals surface area contributed by atoms with Gasteiger partial charge in [-0.2, -0.15) is 0 Å². The maximum Gasteiger partial charge on any atom is 0.317 e. The highest BCUT2D eigenvalue weighted by molar-refractivity contribution is 5.74. The van der Waals surface area contributed by atoms with Crippen LogP contribution in [0.25, 0.3) is 0 Å². The van der Waals surface area contributed by atoms with E-state index in [0.29, 0.717) is 12.5 Å². The number of benzene rings is 1. The molecular weight excluding hydrogens is 262 g/mol. The van der Waals surface area contributed by atoms with Crippen molar-refractivity contribution in [2.75, 3.05) is 19.6 Å². The third-order valence-electron chi connectivity index (χ3n) is 4.08. The molecule has 0 aliphatic carbocycles. The molecule has 0 radical (unpaired) electrons. The van der Waals surface area contributed by atoms with Crippen molar-refractivity contribution >= 4 is 6.03 Å². The van der Waals surface area contributed by atoms with Crippen LogP contribution in [0.5, 0.6) is 0 Å². The summed E-state index contributed by atoms with van der Waals surface area (Å²) in [6, 6.07) is 10.3. The van der Waals surface area contributed by atoms with Crippen LogP contribution in [0.3, 0.4) is 0 Å². The van der Waals surface area contributed by atoms with E-state index in [1.807, 2.05) is 35.2 Å². The number of nitrogens with one attached hydrogen (secondary N) is 2. The second kappa shape index (κ2) is 8.03. The molecule has 1 fully saturated rings. The molecule has 1 aliphatic heterocycles. The molecule has 1 aliphatic rings. The lowest BCUT2D eigenvalue weighted by atomic mass is 9.97. The Morgan fingerprint density at radius 3 is 2.57 bits per heavy atom. The van der Waals surface area contributed by atoms with Gasteiger partial charge in [-0.3, -0.25) is 0 Å². The van der Waals surface area contributed by atoms with E-state index < -0.39 is 0 Å². The maximum atomic E-state index is 12.4. The molecule has 116 valence electrons. The number of nitrogens with zero attached hydrogens (tertiary/aromatic N) is 1. The zero-order valence-corrected chi connectivity index (χ0v) is 13.1.